The molecule has 0 aliphatic carbocycles. The summed E-state index contributed by atoms with van der Waals surface area (Å²) in [6, 6.07) is 6.06. The van der Waals surface area contributed by atoms with Crippen molar-refractivity contribution in [1.82, 2.24) is 5.43 Å². The lowest BCUT2D eigenvalue weighted by molar-refractivity contribution is -0.123. The summed E-state index contributed by atoms with van der Waals surface area (Å²) in [5.74, 6) is -0.114. The van der Waals surface area contributed by atoms with E-state index in [-0.39, 0.29) is 11.8 Å². The molecule has 0 heterocycles. The van der Waals surface area contributed by atoms with Crippen molar-refractivity contribution >= 4 is 12.1 Å². The molecular formula is C13H18N2O. The van der Waals surface area contributed by atoms with Crippen molar-refractivity contribution in [2.24, 2.45) is 11.0 Å². The predicted octanol–water partition coefficient (Wildman–Crippen LogP) is 2.41. The first kappa shape index (κ1) is 12.4. The molecule has 86 valence electrons. The average molecular weight is 218 g/mol. The van der Waals surface area contributed by atoms with E-state index >= 15 is 0 Å². The second kappa shape index (κ2) is 5.45. The molecule has 0 saturated heterocycles. The lowest BCUT2D eigenvalue weighted by Gasteiger charge is -2.02. The van der Waals surface area contributed by atoms with Crippen LogP contribution in [0.1, 0.15) is 30.5 Å². The Morgan fingerprint density at radius 1 is 1.31 bits per heavy atom. The molecule has 1 N–H and O–H groups in total. The Hall–Kier alpha value is -1.64. The highest BCUT2D eigenvalue weighted by Gasteiger charge is 2.03. The molecular weight excluding hydrogens is 200 g/mol. The molecule has 1 aromatic carbocycles. The molecule has 0 bridgehead atoms. The Bertz CT molecular complexity index is 408. The topological polar surface area (TPSA) is 41.5 Å². The SMILES string of the molecule is Cc1ccc(/C=N\NC(=O)C(C)C)cc1C. The first-order chi connectivity index (χ1) is 7.50. The second-order valence-electron chi connectivity index (χ2n) is 4.23. The summed E-state index contributed by atoms with van der Waals surface area (Å²) in [5.41, 5.74) is 5.96. The van der Waals surface area contributed by atoms with E-state index in [1.807, 2.05) is 32.0 Å². The first-order valence-corrected chi connectivity index (χ1v) is 5.41. The van der Waals surface area contributed by atoms with Crippen LogP contribution in [0.4, 0.5) is 0 Å². The molecule has 1 amide bonds. The summed E-state index contributed by atoms with van der Waals surface area (Å²) < 4.78 is 0. The van der Waals surface area contributed by atoms with Crippen molar-refractivity contribution in [1.29, 1.82) is 0 Å². The summed E-state index contributed by atoms with van der Waals surface area (Å²) in [7, 11) is 0. The highest BCUT2D eigenvalue weighted by Crippen LogP contribution is 2.07. The summed E-state index contributed by atoms with van der Waals surface area (Å²) in [5, 5.41) is 3.91. The Kier molecular flexibility index (Phi) is 4.23. The summed E-state index contributed by atoms with van der Waals surface area (Å²) in [6.45, 7) is 7.79. The van der Waals surface area contributed by atoms with E-state index in [1.165, 1.54) is 11.1 Å². The van der Waals surface area contributed by atoms with Gasteiger partial charge in [-0.15, -0.1) is 0 Å². The Morgan fingerprint density at radius 3 is 2.56 bits per heavy atom. The molecule has 0 atom stereocenters. The Morgan fingerprint density at radius 2 is 2.00 bits per heavy atom. The quantitative estimate of drug-likeness (QED) is 0.614. The molecule has 1 aromatic rings. The van der Waals surface area contributed by atoms with E-state index in [1.54, 1.807) is 6.21 Å². The van der Waals surface area contributed by atoms with Gasteiger partial charge in [-0.1, -0.05) is 32.0 Å². The fraction of sp³-hybridized carbons (Fsp3) is 0.385. The van der Waals surface area contributed by atoms with Crippen LogP contribution in [0.3, 0.4) is 0 Å². The lowest BCUT2D eigenvalue weighted by Crippen LogP contribution is -2.22. The zero-order valence-corrected chi connectivity index (χ0v) is 10.2. The third kappa shape index (κ3) is 3.50. The van der Waals surface area contributed by atoms with Gasteiger partial charge in [-0.3, -0.25) is 4.79 Å². The monoisotopic (exact) mass is 218 g/mol. The number of benzene rings is 1. The van der Waals surface area contributed by atoms with Gasteiger partial charge in [-0.25, -0.2) is 5.43 Å². The van der Waals surface area contributed by atoms with Crippen LogP contribution in [0, 0.1) is 19.8 Å². The Balaban J connectivity index is 2.63. The summed E-state index contributed by atoms with van der Waals surface area (Å²) in [6.07, 6.45) is 1.66. The van der Waals surface area contributed by atoms with Crippen molar-refractivity contribution < 1.29 is 4.79 Å². The lowest BCUT2D eigenvalue weighted by atomic mass is 10.1. The van der Waals surface area contributed by atoms with Crippen LogP contribution in [0.5, 0.6) is 0 Å². The van der Waals surface area contributed by atoms with Gasteiger partial charge < -0.3 is 0 Å². The van der Waals surface area contributed by atoms with Crippen LogP contribution in [-0.2, 0) is 4.79 Å². The average Bonchev–Trinajstić information content (AvgIpc) is 2.23. The minimum atomic E-state index is -0.0694. The number of hydrazone groups is 1. The number of nitrogens with one attached hydrogen (secondary N) is 1. The van der Waals surface area contributed by atoms with Gasteiger partial charge in [0.2, 0.25) is 5.91 Å². The van der Waals surface area contributed by atoms with Crippen LogP contribution < -0.4 is 5.43 Å². The van der Waals surface area contributed by atoms with Crippen LogP contribution in [0.15, 0.2) is 23.3 Å². The maximum Gasteiger partial charge on any atom is 0.242 e. The van der Waals surface area contributed by atoms with Crippen LogP contribution in [0.2, 0.25) is 0 Å². The molecule has 0 aliphatic heterocycles. The number of aryl methyl sites for hydroxylation is 2. The zero-order valence-electron chi connectivity index (χ0n) is 10.2. The predicted molar refractivity (Wildman–Crippen MR) is 66.5 cm³/mol. The number of nitrogens with zero attached hydrogens (tertiary/aromatic N) is 1. The highest BCUT2D eigenvalue weighted by molar-refractivity contribution is 5.83. The molecule has 0 spiro atoms. The van der Waals surface area contributed by atoms with E-state index in [2.05, 4.69) is 24.4 Å². The van der Waals surface area contributed by atoms with Gasteiger partial charge in [0.15, 0.2) is 0 Å². The van der Waals surface area contributed by atoms with E-state index in [0.717, 1.165) is 5.56 Å². The van der Waals surface area contributed by atoms with E-state index < -0.39 is 0 Å². The van der Waals surface area contributed by atoms with Gasteiger partial charge in [0.05, 0.1) is 6.21 Å². The molecule has 0 unspecified atom stereocenters. The third-order valence-corrected chi connectivity index (χ3v) is 2.44. The second-order valence-corrected chi connectivity index (χ2v) is 4.23. The maximum atomic E-state index is 11.2. The fourth-order valence-corrected chi connectivity index (χ4v) is 1.14. The highest BCUT2D eigenvalue weighted by atomic mass is 16.2. The molecule has 0 aromatic heterocycles. The number of amides is 1. The number of hydrogen-bond donors (Lipinski definition) is 1. The smallest absolute Gasteiger partial charge is 0.242 e. The molecule has 3 nitrogen and oxygen atoms in total. The van der Waals surface area contributed by atoms with Crippen molar-refractivity contribution in [3.63, 3.8) is 0 Å². The van der Waals surface area contributed by atoms with Crippen molar-refractivity contribution in [3.05, 3.63) is 34.9 Å². The number of rotatable bonds is 3. The normalized spacial score (nSPS) is 11.1. The zero-order chi connectivity index (χ0) is 12.1. The van der Waals surface area contributed by atoms with Gasteiger partial charge in [-0.2, -0.15) is 5.10 Å². The molecule has 16 heavy (non-hydrogen) atoms. The summed E-state index contributed by atoms with van der Waals surface area (Å²) >= 11 is 0. The van der Waals surface area contributed by atoms with Gasteiger partial charge in [0.25, 0.3) is 0 Å². The molecule has 0 saturated carbocycles. The van der Waals surface area contributed by atoms with Gasteiger partial charge in [0.1, 0.15) is 0 Å². The standard InChI is InChI=1S/C13H18N2O/c1-9(2)13(16)15-14-8-12-6-5-10(3)11(4)7-12/h5-9H,1-4H3,(H,15,16)/b14-8-. The maximum absolute atomic E-state index is 11.2. The molecule has 3 heteroatoms. The van der Waals surface area contributed by atoms with Crippen LogP contribution in [-0.4, -0.2) is 12.1 Å². The molecule has 0 aliphatic rings. The largest absolute Gasteiger partial charge is 0.273 e. The van der Waals surface area contributed by atoms with Crippen LogP contribution in [0.25, 0.3) is 0 Å². The summed E-state index contributed by atoms with van der Waals surface area (Å²) in [4.78, 5) is 11.2. The minimum Gasteiger partial charge on any atom is -0.273 e. The van der Waals surface area contributed by atoms with Gasteiger partial charge in [-0.05, 0) is 30.5 Å². The van der Waals surface area contributed by atoms with E-state index in [4.69, 9.17) is 0 Å². The van der Waals surface area contributed by atoms with Crippen molar-refractivity contribution in [2.75, 3.05) is 0 Å². The van der Waals surface area contributed by atoms with Gasteiger partial charge in [0, 0.05) is 5.92 Å². The van der Waals surface area contributed by atoms with Gasteiger partial charge >= 0.3 is 0 Å². The van der Waals surface area contributed by atoms with Crippen molar-refractivity contribution in [3.8, 4) is 0 Å². The van der Waals surface area contributed by atoms with Crippen LogP contribution >= 0.6 is 0 Å². The number of carbonyl (C=O) groups is 1. The minimum absolute atomic E-state index is 0.0445. The first-order valence-electron chi connectivity index (χ1n) is 5.41. The molecule has 0 radical (unpaired) electrons. The number of hydrogen-bond acceptors (Lipinski definition) is 2. The van der Waals surface area contributed by atoms with Crippen molar-refractivity contribution in [2.45, 2.75) is 27.7 Å². The molecule has 0 fully saturated rings. The van der Waals surface area contributed by atoms with E-state index in [9.17, 15) is 4.79 Å². The number of carbonyl (C=O) groups excluding carboxylic acids is 1. The molecule has 1 rings (SSSR count). The third-order valence-electron chi connectivity index (χ3n) is 2.44. The fourth-order valence-electron chi connectivity index (χ4n) is 1.14. The Labute approximate surface area is 96.6 Å². The van der Waals surface area contributed by atoms with E-state index in [0.29, 0.717) is 0 Å².